The molecule has 2 aromatic rings. The minimum Gasteiger partial charge on any atom is -0.465 e. The number of hydrogen-bond acceptors (Lipinski definition) is 5. The maximum Gasteiger partial charge on any atom is 0.350 e. The average molecular weight is 243 g/mol. The van der Waals surface area contributed by atoms with Gasteiger partial charge in [-0.3, -0.25) is 0 Å². The minimum absolute atomic E-state index is 0.323. The highest BCUT2D eigenvalue weighted by atomic mass is 35.5. The number of halogens is 1. The molecule has 0 aromatic carbocycles. The zero-order chi connectivity index (χ0) is 11.0. The molecule has 0 fully saturated rings. The molecule has 0 atom stereocenters. The van der Waals surface area contributed by atoms with Gasteiger partial charge < -0.3 is 10.5 Å². The van der Waals surface area contributed by atoms with Crippen molar-refractivity contribution in [2.75, 3.05) is 12.8 Å². The molecule has 0 aliphatic rings. The predicted octanol–water partition coefficient (Wildman–Crippen LogP) is 2.32. The number of pyridine rings is 1. The summed E-state index contributed by atoms with van der Waals surface area (Å²) in [5.41, 5.74) is 6.65. The van der Waals surface area contributed by atoms with Crippen LogP contribution in [-0.4, -0.2) is 18.1 Å². The van der Waals surface area contributed by atoms with Crippen molar-refractivity contribution in [3.05, 3.63) is 22.2 Å². The second-order valence-corrected chi connectivity index (χ2v) is 4.26. The van der Waals surface area contributed by atoms with Gasteiger partial charge in [0.25, 0.3) is 0 Å². The zero-order valence-corrected chi connectivity index (χ0v) is 9.35. The average Bonchev–Trinajstić information content (AvgIpc) is 2.55. The normalized spacial score (nSPS) is 10.5. The largest absolute Gasteiger partial charge is 0.465 e. The quantitative estimate of drug-likeness (QED) is 0.616. The Balaban J connectivity index is 2.69. The number of nitrogen functional groups attached to an aromatic ring is 1. The highest BCUT2D eigenvalue weighted by Gasteiger charge is 2.17. The number of rotatable bonds is 1. The maximum absolute atomic E-state index is 11.3. The second kappa shape index (κ2) is 3.67. The number of carbonyl (C=O) groups excluding carboxylic acids is 1. The van der Waals surface area contributed by atoms with Gasteiger partial charge in [0, 0.05) is 0 Å². The van der Waals surface area contributed by atoms with Crippen LogP contribution in [0.4, 0.5) is 5.69 Å². The number of anilines is 1. The molecule has 0 unspecified atom stereocenters. The summed E-state index contributed by atoms with van der Waals surface area (Å²) >= 11 is 6.98. The Labute approximate surface area is 94.6 Å². The number of nitrogens with two attached hydrogens (primary N) is 1. The summed E-state index contributed by atoms with van der Waals surface area (Å²) < 4.78 is 5.42. The lowest BCUT2D eigenvalue weighted by Crippen LogP contribution is -2.01. The van der Waals surface area contributed by atoms with Crippen molar-refractivity contribution >= 4 is 44.8 Å². The van der Waals surface area contributed by atoms with E-state index in [9.17, 15) is 4.79 Å². The third-order valence-electron chi connectivity index (χ3n) is 1.91. The van der Waals surface area contributed by atoms with Crippen LogP contribution in [0.15, 0.2) is 12.1 Å². The highest BCUT2D eigenvalue weighted by molar-refractivity contribution is 7.21. The smallest absolute Gasteiger partial charge is 0.350 e. The van der Waals surface area contributed by atoms with E-state index in [1.54, 1.807) is 12.1 Å². The van der Waals surface area contributed by atoms with Crippen molar-refractivity contribution < 1.29 is 9.53 Å². The Bertz CT molecular complexity index is 538. The van der Waals surface area contributed by atoms with Gasteiger partial charge in [-0.25, -0.2) is 9.78 Å². The molecule has 0 aliphatic carbocycles. The lowest BCUT2D eigenvalue weighted by Gasteiger charge is -1.95. The fourth-order valence-corrected chi connectivity index (χ4v) is 2.34. The van der Waals surface area contributed by atoms with Crippen molar-refractivity contribution in [3.8, 4) is 0 Å². The molecule has 0 saturated heterocycles. The molecule has 78 valence electrons. The molecule has 2 aromatic heterocycles. The van der Waals surface area contributed by atoms with Crippen molar-refractivity contribution in [1.82, 2.24) is 4.98 Å². The van der Waals surface area contributed by atoms with Gasteiger partial charge in [-0.15, -0.1) is 11.3 Å². The van der Waals surface area contributed by atoms with Crippen LogP contribution in [0, 0.1) is 0 Å². The van der Waals surface area contributed by atoms with Gasteiger partial charge in [0.05, 0.1) is 17.5 Å². The first-order valence-corrected chi connectivity index (χ1v) is 5.25. The summed E-state index contributed by atoms with van der Waals surface area (Å²) in [6.07, 6.45) is 0. The van der Waals surface area contributed by atoms with Crippen LogP contribution in [0.25, 0.3) is 10.2 Å². The SMILES string of the molecule is COC(=O)c1sc2ccc(Cl)nc2c1N. The van der Waals surface area contributed by atoms with E-state index in [0.717, 1.165) is 4.70 Å². The van der Waals surface area contributed by atoms with E-state index in [1.165, 1.54) is 18.4 Å². The van der Waals surface area contributed by atoms with Crippen LogP contribution in [0.2, 0.25) is 5.15 Å². The molecule has 0 saturated carbocycles. The number of ether oxygens (including phenoxy) is 1. The molecule has 2 heterocycles. The summed E-state index contributed by atoms with van der Waals surface area (Å²) in [6.45, 7) is 0. The first kappa shape index (κ1) is 10.2. The predicted molar refractivity (Wildman–Crippen MR) is 60.4 cm³/mol. The number of aromatic nitrogens is 1. The maximum atomic E-state index is 11.3. The molecule has 2 rings (SSSR count). The molecule has 6 heteroatoms. The number of nitrogens with zero attached hydrogens (tertiary/aromatic N) is 1. The molecule has 0 amide bonds. The highest BCUT2D eigenvalue weighted by Crippen LogP contribution is 2.33. The van der Waals surface area contributed by atoms with Crippen LogP contribution in [0.5, 0.6) is 0 Å². The molecular formula is C9H7ClN2O2S. The fourth-order valence-electron chi connectivity index (χ4n) is 1.21. The van der Waals surface area contributed by atoms with Gasteiger partial charge in [0.15, 0.2) is 0 Å². The molecule has 15 heavy (non-hydrogen) atoms. The Hall–Kier alpha value is -1.33. The molecule has 0 aliphatic heterocycles. The van der Waals surface area contributed by atoms with E-state index < -0.39 is 5.97 Å². The van der Waals surface area contributed by atoms with Crippen LogP contribution in [0.1, 0.15) is 9.67 Å². The van der Waals surface area contributed by atoms with Crippen LogP contribution in [-0.2, 0) is 4.74 Å². The van der Waals surface area contributed by atoms with E-state index in [2.05, 4.69) is 9.72 Å². The lowest BCUT2D eigenvalue weighted by molar-refractivity contribution is 0.0607. The number of thiophene rings is 1. The number of fused-ring (bicyclic) bond motifs is 1. The Morgan fingerprint density at radius 2 is 2.33 bits per heavy atom. The fraction of sp³-hybridized carbons (Fsp3) is 0.111. The number of esters is 1. The summed E-state index contributed by atoms with van der Waals surface area (Å²) in [7, 11) is 1.31. The van der Waals surface area contributed by atoms with Crippen molar-refractivity contribution in [3.63, 3.8) is 0 Å². The molecule has 0 bridgehead atoms. The Morgan fingerprint density at radius 1 is 1.60 bits per heavy atom. The number of methoxy groups -OCH3 is 1. The number of carbonyl (C=O) groups is 1. The Kier molecular flexibility index (Phi) is 2.50. The van der Waals surface area contributed by atoms with E-state index in [4.69, 9.17) is 17.3 Å². The molecule has 2 N–H and O–H groups in total. The van der Waals surface area contributed by atoms with Gasteiger partial charge in [0.2, 0.25) is 0 Å². The van der Waals surface area contributed by atoms with Crippen molar-refractivity contribution in [1.29, 1.82) is 0 Å². The van der Waals surface area contributed by atoms with Crippen LogP contribution in [0.3, 0.4) is 0 Å². The first-order chi connectivity index (χ1) is 7.13. The third kappa shape index (κ3) is 1.64. The summed E-state index contributed by atoms with van der Waals surface area (Å²) in [5.74, 6) is -0.452. The summed E-state index contributed by atoms with van der Waals surface area (Å²) in [4.78, 5) is 15.8. The molecule has 4 nitrogen and oxygen atoms in total. The number of hydrogen-bond donors (Lipinski definition) is 1. The van der Waals surface area contributed by atoms with E-state index in [1.807, 2.05) is 0 Å². The zero-order valence-electron chi connectivity index (χ0n) is 7.78. The monoisotopic (exact) mass is 242 g/mol. The van der Waals surface area contributed by atoms with E-state index in [0.29, 0.717) is 21.2 Å². The Morgan fingerprint density at radius 3 is 3.00 bits per heavy atom. The van der Waals surface area contributed by atoms with Gasteiger partial charge in [-0.05, 0) is 12.1 Å². The van der Waals surface area contributed by atoms with E-state index >= 15 is 0 Å². The van der Waals surface area contributed by atoms with Crippen LogP contribution >= 0.6 is 22.9 Å². The summed E-state index contributed by atoms with van der Waals surface area (Å²) in [5, 5.41) is 0.350. The van der Waals surface area contributed by atoms with Crippen molar-refractivity contribution in [2.45, 2.75) is 0 Å². The van der Waals surface area contributed by atoms with Gasteiger partial charge in [-0.2, -0.15) is 0 Å². The standard InChI is InChI=1S/C9H7ClN2O2S/c1-14-9(13)8-6(11)7-4(15-8)2-3-5(10)12-7/h2-3H,11H2,1H3. The van der Waals surface area contributed by atoms with Gasteiger partial charge >= 0.3 is 5.97 Å². The molecule has 0 radical (unpaired) electrons. The lowest BCUT2D eigenvalue weighted by atomic mass is 10.3. The summed E-state index contributed by atoms with van der Waals surface area (Å²) in [6, 6.07) is 3.43. The van der Waals surface area contributed by atoms with Gasteiger partial charge in [-0.1, -0.05) is 11.6 Å². The second-order valence-electron chi connectivity index (χ2n) is 2.82. The third-order valence-corrected chi connectivity index (χ3v) is 3.26. The van der Waals surface area contributed by atoms with Gasteiger partial charge in [0.1, 0.15) is 15.5 Å². The van der Waals surface area contributed by atoms with E-state index in [-0.39, 0.29) is 0 Å². The topological polar surface area (TPSA) is 65.2 Å². The molecular weight excluding hydrogens is 236 g/mol. The van der Waals surface area contributed by atoms with Crippen molar-refractivity contribution in [2.24, 2.45) is 0 Å². The minimum atomic E-state index is -0.452. The first-order valence-electron chi connectivity index (χ1n) is 4.06. The molecule has 0 spiro atoms. The van der Waals surface area contributed by atoms with Crippen LogP contribution < -0.4 is 5.73 Å².